The lowest BCUT2D eigenvalue weighted by molar-refractivity contribution is -0.138. The Hall–Kier alpha value is -0.120. The first-order valence-electron chi connectivity index (χ1n) is 4.10. The van der Waals surface area contributed by atoms with Crippen LogP contribution in [-0.2, 0) is 9.47 Å². The summed E-state index contributed by atoms with van der Waals surface area (Å²) in [6, 6.07) is 0. The van der Waals surface area contributed by atoms with Crippen molar-refractivity contribution in [1.82, 2.24) is 5.32 Å². The summed E-state index contributed by atoms with van der Waals surface area (Å²) in [5, 5.41) is 3.09. The van der Waals surface area contributed by atoms with Crippen molar-refractivity contribution in [2.45, 2.75) is 32.2 Å². The molecule has 3 heteroatoms. The molecule has 0 radical (unpaired) electrons. The number of ether oxygens (including phenoxy) is 2. The minimum atomic E-state index is -0.363. The molecule has 1 atom stereocenters. The van der Waals surface area contributed by atoms with Crippen molar-refractivity contribution < 1.29 is 9.47 Å². The fraction of sp³-hybridized carbons (Fsp3) is 1.00. The van der Waals surface area contributed by atoms with Crippen LogP contribution in [0.4, 0.5) is 0 Å². The second kappa shape index (κ2) is 3.52. The summed E-state index contributed by atoms with van der Waals surface area (Å²) >= 11 is 0. The Kier molecular flexibility index (Phi) is 2.87. The van der Waals surface area contributed by atoms with Crippen LogP contribution in [0.1, 0.15) is 20.3 Å². The monoisotopic (exact) mass is 159 g/mol. The first kappa shape index (κ1) is 8.97. The summed E-state index contributed by atoms with van der Waals surface area (Å²) in [6.45, 7) is 5.62. The van der Waals surface area contributed by atoms with Crippen LogP contribution in [0.2, 0.25) is 0 Å². The van der Waals surface area contributed by atoms with Gasteiger partial charge in [-0.1, -0.05) is 0 Å². The summed E-state index contributed by atoms with van der Waals surface area (Å²) < 4.78 is 11.0. The van der Waals surface area contributed by atoms with E-state index >= 15 is 0 Å². The zero-order valence-electron chi connectivity index (χ0n) is 7.52. The van der Waals surface area contributed by atoms with E-state index in [9.17, 15) is 0 Å². The van der Waals surface area contributed by atoms with Crippen molar-refractivity contribution >= 4 is 0 Å². The Bertz CT molecular complexity index is 125. The summed E-state index contributed by atoms with van der Waals surface area (Å²) in [4.78, 5) is 0. The Balaban J connectivity index is 2.20. The molecule has 1 N–H and O–H groups in total. The molecule has 1 aliphatic rings. The molecule has 1 aliphatic heterocycles. The highest BCUT2D eigenvalue weighted by atomic mass is 16.7. The first-order valence-corrected chi connectivity index (χ1v) is 4.10. The highest BCUT2D eigenvalue weighted by molar-refractivity contribution is 4.70. The van der Waals surface area contributed by atoms with Crippen molar-refractivity contribution in [1.29, 1.82) is 0 Å². The van der Waals surface area contributed by atoms with Crippen LogP contribution >= 0.6 is 0 Å². The van der Waals surface area contributed by atoms with Crippen LogP contribution < -0.4 is 5.32 Å². The molecule has 0 bridgehead atoms. The van der Waals surface area contributed by atoms with Gasteiger partial charge in [0, 0.05) is 0 Å². The van der Waals surface area contributed by atoms with E-state index in [1.807, 2.05) is 20.9 Å². The van der Waals surface area contributed by atoms with Crippen molar-refractivity contribution in [3.63, 3.8) is 0 Å². The fourth-order valence-electron chi connectivity index (χ4n) is 1.21. The lowest BCUT2D eigenvalue weighted by Gasteiger charge is -2.16. The smallest absolute Gasteiger partial charge is 0.163 e. The van der Waals surface area contributed by atoms with Gasteiger partial charge in [-0.05, 0) is 33.9 Å². The van der Waals surface area contributed by atoms with Gasteiger partial charge in [-0.15, -0.1) is 0 Å². The van der Waals surface area contributed by atoms with Gasteiger partial charge in [0.1, 0.15) is 0 Å². The van der Waals surface area contributed by atoms with Crippen molar-refractivity contribution in [3.8, 4) is 0 Å². The molecule has 1 unspecified atom stereocenters. The molecule has 1 saturated heterocycles. The van der Waals surface area contributed by atoms with Crippen LogP contribution in [0, 0.1) is 0 Å². The second-order valence-electron chi connectivity index (χ2n) is 3.34. The van der Waals surface area contributed by atoms with Gasteiger partial charge in [-0.25, -0.2) is 0 Å². The van der Waals surface area contributed by atoms with Crippen LogP contribution in [0.25, 0.3) is 0 Å². The summed E-state index contributed by atoms with van der Waals surface area (Å²) in [5.41, 5.74) is 0. The second-order valence-corrected chi connectivity index (χ2v) is 3.34. The van der Waals surface area contributed by atoms with Gasteiger partial charge in [0.15, 0.2) is 5.79 Å². The number of rotatable bonds is 3. The van der Waals surface area contributed by atoms with Gasteiger partial charge in [0.05, 0.1) is 12.7 Å². The van der Waals surface area contributed by atoms with Crippen molar-refractivity contribution in [3.05, 3.63) is 0 Å². The van der Waals surface area contributed by atoms with E-state index in [0.717, 1.165) is 19.6 Å². The van der Waals surface area contributed by atoms with E-state index < -0.39 is 0 Å². The summed E-state index contributed by atoms with van der Waals surface area (Å²) in [7, 11) is 1.95. The molecule has 1 rings (SSSR count). The highest BCUT2D eigenvalue weighted by Gasteiger charge is 2.31. The van der Waals surface area contributed by atoms with Gasteiger partial charge in [-0.2, -0.15) is 0 Å². The standard InChI is InChI=1S/C8H17NO2/c1-8(2)10-6-7(11-8)4-5-9-3/h7,9H,4-6H2,1-3H3. The van der Waals surface area contributed by atoms with Gasteiger partial charge in [-0.3, -0.25) is 0 Å². The van der Waals surface area contributed by atoms with Gasteiger partial charge in [0.2, 0.25) is 0 Å². The third kappa shape index (κ3) is 2.77. The maximum atomic E-state index is 5.59. The lowest BCUT2D eigenvalue weighted by Crippen LogP contribution is -2.23. The molecule has 3 nitrogen and oxygen atoms in total. The Morgan fingerprint density at radius 2 is 2.27 bits per heavy atom. The number of hydrogen-bond acceptors (Lipinski definition) is 3. The summed E-state index contributed by atoms with van der Waals surface area (Å²) in [5.74, 6) is -0.363. The van der Waals surface area contributed by atoms with Crippen LogP contribution in [0.5, 0.6) is 0 Å². The fourth-order valence-corrected chi connectivity index (χ4v) is 1.21. The molecule has 0 aromatic rings. The molecule has 0 amide bonds. The van der Waals surface area contributed by atoms with Crippen LogP contribution in [-0.4, -0.2) is 32.1 Å². The van der Waals surface area contributed by atoms with Gasteiger partial charge < -0.3 is 14.8 Å². The van der Waals surface area contributed by atoms with E-state index in [-0.39, 0.29) is 11.9 Å². The predicted octanol–water partition coefficient (Wildman–Crippen LogP) is 0.747. The van der Waals surface area contributed by atoms with Crippen LogP contribution in [0.15, 0.2) is 0 Å². The van der Waals surface area contributed by atoms with Gasteiger partial charge >= 0.3 is 0 Å². The molecule has 0 aromatic carbocycles. The van der Waals surface area contributed by atoms with Crippen LogP contribution in [0.3, 0.4) is 0 Å². The Morgan fingerprint density at radius 1 is 1.55 bits per heavy atom. The zero-order valence-corrected chi connectivity index (χ0v) is 7.52. The average Bonchev–Trinajstić information content (AvgIpc) is 2.26. The Labute approximate surface area is 68.1 Å². The average molecular weight is 159 g/mol. The zero-order chi connectivity index (χ0) is 8.32. The third-order valence-electron chi connectivity index (χ3n) is 1.78. The molecule has 11 heavy (non-hydrogen) atoms. The molecular formula is C8H17NO2. The SMILES string of the molecule is CNCCC1COC(C)(C)O1. The highest BCUT2D eigenvalue weighted by Crippen LogP contribution is 2.23. The predicted molar refractivity (Wildman–Crippen MR) is 43.4 cm³/mol. The van der Waals surface area contributed by atoms with Crippen molar-refractivity contribution in [2.24, 2.45) is 0 Å². The molecule has 0 spiro atoms. The number of hydrogen-bond donors (Lipinski definition) is 1. The maximum Gasteiger partial charge on any atom is 0.163 e. The minimum absolute atomic E-state index is 0.275. The largest absolute Gasteiger partial charge is 0.348 e. The molecule has 0 aromatic heterocycles. The van der Waals surface area contributed by atoms with E-state index in [4.69, 9.17) is 9.47 Å². The normalized spacial score (nSPS) is 29.2. The molecular weight excluding hydrogens is 142 g/mol. The molecule has 0 aliphatic carbocycles. The number of nitrogens with one attached hydrogen (secondary N) is 1. The summed E-state index contributed by atoms with van der Waals surface area (Å²) in [6.07, 6.45) is 1.30. The topological polar surface area (TPSA) is 30.5 Å². The minimum Gasteiger partial charge on any atom is -0.348 e. The third-order valence-corrected chi connectivity index (χ3v) is 1.78. The first-order chi connectivity index (χ1) is 5.14. The van der Waals surface area contributed by atoms with E-state index in [1.165, 1.54) is 0 Å². The molecule has 66 valence electrons. The molecule has 0 saturated carbocycles. The van der Waals surface area contributed by atoms with E-state index in [1.54, 1.807) is 0 Å². The molecule has 1 fully saturated rings. The maximum absolute atomic E-state index is 5.59. The Morgan fingerprint density at radius 3 is 2.73 bits per heavy atom. The van der Waals surface area contributed by atoms with E-state index in [0.29, 0.717) is 0 Å². The van der Waals surface area contributed by atoms with Crippen molar-refractivity contribution in [2.75, 3.05) is 20.2 Å². The van der Waals surface area contributed by atoms with E-state index in [2.05, 4.69) is 5.32 Å². The molecule has 1 heterocycles. The quantitative estimate of drug-likeness (QED) is 0.659. The van der Waals surface area contributed by atoms with Gasteiger partial charge in [0.25, 0.3) is 0 Å². The lowest BCUT2D eigenvalue weighted by atomic mass is 10.3.